The minimum atomic E-state index is 0.138. The minimum absolute atomic E-state index is 0.138. The first kappa shape index (κ1) is 5.69. The molecule has 0 bridgehead atoms. The van der Waals surface area contributed by atoms with Crippen LogP contribution in [0, 0.1) is 0 Å². The van der Waals surface area contributed by atoms with Gasteiger partial charge in [-0.15, -0.1) is 0 Å². The summed E-state index contributed by atoms with van der Waals surface area (Å²) in [5.41, 5.74) is 0.138. The lowest BCUT2D eigenvalue weighted by Crippen LogP contribution is -2.49. The van der Waals surface area contributed by atoms with Crippen molar-refractivity contribution in [1.29, 1.82) is 0 Å². The summed E-state index contributed by atoms with van der Waals surface area (Å²) < 4.78 is 5.58. The van der Waals surface area contributed by atoms with Crippen molar-refractivity contribution in [2.24, 2.45) is 0 Å². The molecule has 9 heavy (non-hydrogen) atoms. The Morgan fingerprint density at radius 3 is 2.56 bits per heavy atom. The van der Waals surface area contributed by atoms with Crippen LogP contribution in [0.15, 0.2) is 0 Å². The second kappa shape index (κ2) is 1.70. The van der Waals surface area contributed by atoms with E-state index in [1.54, 1.807) is 0 Å². The van der Waals surface area contributed by atoms with Gasteiger partial charge in [-0.25, -0.2) is 0 Å². The molecule has 0 aromatic heterocycles. The molecule has 0 amide bonds. The Bertz CT molecular complexity index is 120. The highest BCUT2D eigenvalue weighted by Gasteiger charge is 2.42. The fourth-order valence-corrected chi connectivity index (χ4v) is 1.60. The molecule has 1 saturated carbocycles. The van der Waals surface area contributed by atoms with Gasteiger partial charge in [-0.3, -0.25) is 5.32 Å². The summed E-state index contributed by atoms with van der Waals surface area (Å²) in [5.74, 6) is 0. The average molecular weight is 127 g/mol. The molecule has 0 aromatic carbocycles. The molecule has 1 saturated heterocycles. The van der Waals surface area contributed by atoms with Gasteiger partial charge >= 0.3 is 0 Å². The summed E-state index contributed by atoms with van der Waals surface area (Å²) in [6.07, 6.45) is 3.77. The lowest BCUT2D eigenvalue weighted by atomic mass is 9.88. The molecule has 0 aromatic rings. The fourth-order valence-electron chi connectivity index (χ4n) is 1.60. The number of nitrogens with one attached hydrogen (secondary N) is 1. The van der Waals surface area contributed by atoms with Crippen LogP contribution in [0.1, 0.15) is 26.2 Å². The van der Waals surface area contributed by atoms with Crippen molar-refractivity contribution < 1.29 is 4.74 Å². The summed E-state index contributed by atoms with van der Waals surface area (Å²) in [5, 5.41) is 3.44. The first-order valence-corrected chi connectivity index (χ1v) is 3.72. The van der Waals surface area contributed by atoms with E-state index >= 15 is 0 Å². The average Bonchev–Trinajstić information content (AvgIpc) is 2.09. The molecule has 1 N–H and O–H groups in total. The van der Waals surface area contributed by atoms with Crippen molar-refractivity contribution in [3.8, 4) is 0 Å². The molecule has 2 fully saturated rings. The third-order valence-corrected chi connectivity index (χ3v) is 2.28. The molecule has 1 aliphatic carbocycles. The van der Waals surface area contributed by atoms with E-state index in [1.807, 2.05) is 0 Å². The second-order valence-corrected chi connectivity index (χ2v) is 3.20. The molecular formula is C7H13NO. The Morgan fingerprint density at radius 2 is 2.33 bits per heavy atom. The van der Waals surface area contributed by atoms with Gasteiger partial charge in [0, 0.05) is 6.04 Å². The molecule has 52 valence electrons. The lowest BCUT2D eigenvalue weighted by molar-refractivity contribution is -0.0707. The Morgan fingerprint density at radius 1 is 1.56 bits per heavy atom. The van der Waals surface area contributed by atoms with Gasteiger partial charge in [-0.2, -0.15) is 0 Å². The van der Waals surface area contributed by atoms with E-state index in [4.69, 9.17) is 4.74 Å². The van der Waals surface area contributed by atoms with Crippen LogP contribution in [-0.2, 0) is 4.74 Å². The zero-order valence-electron chi connectivity index (χ0n) is 5.81. The van der Waals surface area contributed by atoms with Crippen molar-refractivity contribution in [3.05, 3.63) is 0 Å². The van der Waals surface area contributed by atoms with Crippen molar-refractivity contribution in [3.63, 3.8) is 0 Å². The molecule has 1 unspecified atom stereocenters. The van der Waals surface area contributed by atoms with Crippen LogP contribution in [0.4, 0.5) is 0 Å². The normalized spacial score (nSPS) is 39.0. The Balaban J connectivity index is 1.99. The summed E-state index contributed by atoms with van der Waals surface area (Å²) >= 11 is 0. The van der Waals surface area contributed by atoms with Gasteiger partial charge < -0.3 is 4.74 Å². The molecule has 2 rings (SSSR count). The maximum atomic E-state index is 5.58. The second-order valence-electron chi connectivity index (χ2n) is 3.20. The van der Waals surface area contributed by atoms with Crippen molar-refractivity contribution in [2.45, 2.75) is 38.0 Å². The zero-order valence-corrected chi connectivity index (χ0v) is 5.81. The van der Waals surface area contributed by atoms with Gasteiger partial charge in [-0.05, 0) is 26.2 Å². The van der Waals surface area contributed by atoms with Gasteiger partial charge in [0.1, 0.15) is 5.72 Å². The predicted octanol–water partition coefficient (Wildman–Crippen LogP) is 0.875. The van der Waals surface area contributed by atoms with Crippen LogP contribution < -0.4 is 5.32 Å². The third kappa shape index (κ3) is 0.775. The Kier molecular flexibility index (Phi) is 1.08. The van der Waals surface area contributed by atoms with Gasteiger partial charge in [0.15, 0.2) is 0 Å². The molecule has 0 radical (unpaired) electrons. The number of hydrogen-bond donors (Lipinski definition) is 1. The van der Waals surface area contributed by atoms with E-state index in [0.29, 0.717) is 6.04 Å². The molecule has 2 aliphatic rings. The summed E-state index contributed by atoms with van der Waals surface area (Å²) in [6.45, 7) is 3.08. The molecule has 2 nitrogen and oxygen atoms in total. The van der Waals surface area contributed by atoms with E-state index in [0.717, 1.165) is 6.61 Å². The zero-order chi connectivity index (χ0) is 6.32. The maximum Gasteiger partial charge on any atom is 0.119 e. The van der Waals surface area contributed by atoms with Crippen LogP contribution in [0.25, 0.3) is 0 Å². The number of rotatable bonds is 0. The van der Waals surface area contributed by atoms with E-state index in [9.17, 15) is 0 Å². The van der Waals surface area contributed by atoms with E-state index in [-0.39, 0.29) is 5.72 Å². The van der Waals surface area contributed by atoms with Crippen LogP contribution in [0.2, 0.25) is 0 Å². The van der Waals surface area contributed by atoms with Crippen molar-refractivity contribution in [2.75, 3.05) is 6.61 Å². The van der Waals surface area contributed by atoms with Crippen LogP contribution in [-0.4, -0.2) is 18.4 Å². The van der Waals surface area contributed by atoms with Gasteiger partial charge in [-0.1, -0.05) is 0 Å². The largest absolute Gasteiger partial charge is 0.359 e. The summed E-state index contributed by atoms with van der Waals surface area (Å²) in [7, 11) is 0. The first-order valence-electron chi connectivity index (χ1n) is 3.72. The highest BCUT2D eigenvalue weighted by Crippen LogP contribution is 2.36. The quantitative estimate of drug-likeness (QED) is 0.521. The van der Waals surface area contributed by atoms with Gasteiger partial charge in [0.2, 0.25) is 0 Å². The number of hydrogen-bond acceptors (Lipinski definition) is 2. The lowest BCUT2D eigenvalue weighted by Gasteiger charge is -2.37. The van der Waals surface area contributed by atoms with Gasteiger partial charge in [0.25, 0.3) is 0 Å². The standard InChI is InChI=1S/C7H13NO/c1-6-5-9-7(8-6)3-2-4-7/h6,8H,2-5H2,1H3. The van der Waals surface area contributed by atoms with E-state index in [1.165, 1.54) is 19.3 Å². The van der Waals surface area contributed by atoms with E-state index < -0.39 is 0 Å². The topological polar surface area (TPSA) is 21.3 Å². The summed E-state index contributed by atoms with van der Waals surface area (Å²) in [6, 6.07) is 0.574. The Labute approximate surface area is 55.6 Å². The monoisotopic (exact) mass is 127 g/mol. The molecule has 1 aliphatic heterocycles. The smallest absolute Gasteiger partial charge is 0.119 e. The number of ether oxygens (including phenoxy) is 1. The third-order valence-electron chi connectivity index (χ3n) is 2.28. The highest BCUT2D eigenvalue weighted by atomic mass is 16.5. The predicted molar refractivity (Wildman–Crippen MR) is 35.1 cm³/mol. The molecule has 1 spiro atoms. The van der Waals surface area contributed by atoms with E-state index in [2.05, 4.69) is 12.2 Å². The Hall–Kier alpha value is -0.0800. The maximum absolute atomic E-state index is 5.58. The van der Waals surface area contributed by atoms with Crippen LogP contribution >= 0.6 is 0 Å². The summed E-state index contributed by atoms with van der Waals surface area (Å²) in [4.78, 5) is 0. The minimum Gasteiger partial charge on any atom is -0.359 e. The van der Waals surface area contributed by atoms with Crippen LogP contribution in [0.5, 0.6) is 0 Å². The fraction of sp³-hybridized carbons (Fsp3) is 1.00. The highest BCUT2D eigenvalue weighted by molar-refractivity contribution is 4.93. The molecule has 2 heteroatoms. The molecular weight excluding hydrogens is 114 g/mol. The SMILES string of the molecule is CC1COC2(CCC2)N1. The first-order chi connectivity index (χ1) is 4.31. The van der Waals surface area contributed by atoms with Crippen molar-refractivity contribution >= 4 is 0 Å². The van der Waals surface area contributed by atoms with Crippen LogP contribution in [0.3, 0.4) is 0 Å². The molecule has 1 atom stereocenters. The molecule has 1 heterocycles. The van der Waals surface area contributed by atoms with Crippen molar-refractivity contribution in [1.82, 2.24) is 5.32 Å². The van der Waals surface area contributed by atoms with Gasteiger partial charge in [0.05, 0.1) is 6.61 Å².